The lowest BCUT2D eigenvalue weighted by Crippen LogP contribution is -2.45. The number of amides is 1. The van der Waals surface area contributed by atoms with E-state index in [1.54, 1.807) is 4.72 Å². The van der Waals surface area contributed by atoms with Gasteiger partial charge in [0.05, 0.1) is 22.5 Å². The fourth-order valence-electron chi connectivity index (χ4n) is 3.93. The molecule has 0 saturated carbocycles. The Morgan fingerprint density at radius 3 is 2.63 bits per heavy atom. The van der Waals surface area contributed by atoms with E-state index in [-0.39, 0.29) is 11.2 Å². The number of aliphatic hydroxyl groups is 2. The van der Waals surface area contributed by atoms with Crippen LogP contribution in [0, 0.1) is 10.1 Å². The Kier molecular flexibility index (Phi) is 7.65. The lowest BCUT2D eigenvalue weighted by molar-refractivity contribution is -0.385. The van der Waals surface area contributed by atoms with Crippen molar-refractivity contribution < 1.29 is 37.9 Å². The second-order valence-electron chi connectivity index (χ2n) is 8.35. The SMILES string of the molecule is Nc1ccnc2c1ncn2[C@@H]1O[C@H](CNS(=O)(=O)NC(=O)CCC(=O)c2ccccc2[N+](=O)[O-])[C@@H](O)[C@H]1O. The molecular formula is C21H23N7O9S. The maximum absolute atomic E-state index is 12.3. The van der Waals surface area contributed by atoms with Crippen LogP contribution in [0.15, 0.2) is 42.9 Å². The molecule has 1 aliphatic rings. The summed E-state index contributed by atoms with van der Waals surface area (Å²) in [5, 5.41) is 31.9. The Hall–Kier alpha value is -4.03. The van der Waals surface area contributed by atoms with Crippen molar-refractivity contribution in [1.82, 2.24) is 24.0 Å². The van der Waals surface area contributed by atoms with Crippen molar-refractivity contribution in [2.24, 2.45) is 0 Å². The standard InChI is InChI=1S/C21H23N7O9S/c22-12-7-8-23-20-17(12)24-10-27(20)21-19(32)18(31)15(37-21)9-25-38(35,36)26-16(30)6-5-14(29)11-3-1-2-4-13(11)28(33)34/h1-4,7-8,10,15,18-19,21,25,31-32H,5-6,9H2,(H2,22,23)(H,26,30)/t15-,18-,19-,21-/m1/s1. The number of nitro groups is 1. The highest BCUT2D eigenvalue weighted by atomic mass is 32.2. The number of para-hydroxylation sites is 1. The number of aromatic nitrogens is 3. The predicted molar refractivity (Wildman–Crippen MR) is 130 cm³/mol. The maximum atomic E-state index is 12.3. The van der Waals surface area contributed by atoms with E-state index in [0.29, 0.717) is 11.2 Å². The topological polar surface area (TPSA) is 242 Å². The molecule has 3 heterocycles. The number of carbonyl (C=O) groups is 2. The van der Waals surface area contributed by atoms with Gasteiger partial charge in [0.1, 0.15) is 23.8 Å². The van der Waals surface area contributed by atoms with Gasteiger partial charge in [0, 0.05) is 31.6 Å². The molecule has 1 aliphatic heterocycles. The van der Waals surface area contributed by atoms with E-state index in [4.69, 9.17) is 10.5 Å². The first-order valence-electron chi connectivity index (χ1n) is 11.1. The number of carbonyl (C=O) groups excluding carboxylic acids is 2. The van der Waals surface area contributed by atoms with Crippen molar-refractivity contribution in [3.8, 4) is 0 Å². The monoisotopic (exact) mass is 549 g/mol. The van der Waals surface area contributed by atoms with Crippen molar-refractivity contribution in [1.29, 1.82) is 0 Å². The van der Waals surface area contributed by atoms with Gasteiger partial charge in [0.15, 0.2) is 17.7 Å². The molecule has 0 aliphatic carbocycles. The molecule has 4 rings (SSSR count). The number of hydrogen-bond donors (Lipinski definition) is 5. The molecular weight excluding hydrogens is 526 g/mol. The molecule has 4 atom stereocenters. The largest absolute Gasteiger partial charge is 0.397 e. The highest BCUT2D eigenvalue weighted by molar-refractivity contribution is 7.88. The summed E-state index contributed by atoms with van der Waals surface area (Å²) >= 11 is 0. The molecule has 0 bridgehead atoms. The van der Waals surface area contributed by atoms with Crippen LogP contribution in [0.2, 0.25) is 0 Å². The molecule has 0 unspecified atom stereocenters. The lowest BCUT2D eigenvalue weighted by atomic mass is 10.0. The Morgan fingerprint density at radius 2 is 1.89 bits per heavy atom. The number of fused-ring (bicyclic) bond motifs is 1. The maximum Gasteiger partial charge on any atom is 0.301 e. The Bertz CT molecular complexity index is 1490. The number of rotatable bonds is 10. The quantitative estimate of drug-likeness (QED) is 0.118. The van der Waals surface area contributed by atoms with Crippen molar-refractivity contribution >= 4 is 44.4 Å². The van der Waals surface area contributed by atoms with Crippen LogP contribution >= 0.6 is 0 Å². The van der Waals surface area contributed by atoms with Crippen LogP contribution in [-0.2, 0) is 19.7 Å². The average molecular weight is 550 g/mol. The molecule has 1 saturated heterocycles. The third-order valence-corrected chi connectivity index (χ3v) is 6.85. The number of benzene rings is 1. The second kappa shape index (κ2) is 10.8. The minimum absolute atomic E-state index is 0.199. The molecule has 16 nitrogen and oxygen atoms in total. The molecule has 0 spiro atoms. The molecule has 17 heteroatoms. The number of ketones is 1. The molecule has 202 valence electrons. The number of nitrogens with two attached hydrogens (primary N) is 1. The Morgan fingerprint density at radius 1 is 1.16 bits per heavy atom. The summed E-state index contributed by atoms with van der Waals surface area (Å²) in [5.74, 6) is -1.74. The van der Waals surface area contributed by atoms with Crippen LogP contribution in [-0.4, -0.2) is 74.6 Å². The van der Waals surface area contributed by atoms with Crippen LogP contribution < -0.4 is 15.2 Å². The van der Waals surface area contributed by atoms with Gasteiger partial charge in [-0.05, 0) is 12.1 Å². The average Bonchev–Trinajstić information content (AvgIpc) is 3.42. The summed E-state index contributed by atoms with van der Waals surface area (Å²) in [6.07, 6.45) is -3.62. The van der Waals surface area contributed by atoms with Crippen LogP contribution in [0.25, 0.3) is 11.2 Å². The number of nitro benzene ring substituents is 1. The van der Waals surface area contributed by atoms with E-state index in [0.717, 1.165) is 6.07 Å². The number of ether oxygens (including phenoxy) is 1. The third-order valence-electron chi connectivity index (χ3n) is 5.81. The number of Topliss-reactive ketones (excluding diaryl/α,β-unsaturated/α-hetero) is 1. The summed E-state index contributed by atoms with van der Waals surface area (Å²) < 4.78 is 35.4. The van der Waals surface area contributed by atoms with Gasteiger partial charge in [-0.2, -0.15) is 13.1 Å². The summed E-state index contributed by atoms with van der Waals surface area (Å²) in [6, 6.07) is 6.73. The number of nitrogen functional groups attached to an aromatic ring is 1. The van der Waals surface area contributed by atoms with Gasteiger partial charge >= 0.3 is 10.2 Å². The van der Waals surface area contributed by atoms with E-state index in [2.05, 4.69) is 9.97 Å². The molecule has 38 heavy (non-hydrogen) atoms. The lowest BCUT2D eigenvalue weighted by Gasteiger charge is -2.16. The van der Waals surface area contributed by atoms with Gasteiger partial charge < -0.3 is 20.7 Å². The predicted octanol–water partition coefficient (Wildman–Crippen LogP) is -0.845. The Balaban J connectivity index is 1.32. The van der Waals surface area contributed by atoms with Crippen LogP contribution in [0.5, 0.6) is 0 Å². The first kappa shape index (κ1) is 27.0. The highest BCUT2D eigenvalue weighted by Gasteiger charge is 2.44. The number of nitrogens with one attached hydrogen (secondary N) is 2. The first-order chi connectivity index (χ1) is 18.0. The van der Waals surface area contributed by atoms with E-state index in [9.17, 15) is 38.3 Å². The number of anilines is 1. The van der Waals surface area contributed by atoms with Crippen molar-refractivity contribution in [3.05, 3.63) is 58.5 Å². The molecule has 1 fully saturated rings. The van der Waals surface area contributed by atoms with Gasteiger partial charge in [0.25, 0.3) is 5.69 Å². The normalized spacial score (nSPS) is 21.4. The first-order valence-corrected chi connectivity index (χ1v) is 12.6. The molecule has 0 radical (unpaired) electrons. The second-order valence-corrected chi connectivity index (χ2v) is 9.84. The molecule has 3 aromatic rings. The van der Waals surface area contributed by atoms with E-state index < -0.39 is 76.4 Å². The highest BCUT2D eigenvalue weighted by Crippen LogP contribution is 2.32. The van der Waals surface area contributed by atoms with Crippen LogP contribution in [0.3, 0.4) is 0 Å². The van der Waals surface area contributed by atoms with Crippen LogP contribution in [0.4, 0.5) is 11.4 Å². The minimum atomic E-state index is -4.44. The zero-order chi connectivity index (χ0) is 27.6. The van der Waals surface area contributed by atoms with Crippen molar-refractivity contribution in [3.63, 3.8) is 0 Å². The van der Waals surface area contributed by atoms with Crippen molar-refractivity contribution in [2.75, 3.05) is 12.3 Å². The van der Waals surface area contributed by atoms with Crippen molar-refractivity contribution in [2.45, 2.75) is 37.4 Å². The number of pyridine rings is 1. The van der Waals surface area contributed by atoms with Gasteiger partial charge in [0.2, 0.25) is 5.91 Å². The number of nitrogens with zero attached hydrogens (tertiary/aromatic N) is 4. The summed E-state index contributed by atoms with van der Waals surface area (Å²) in [6.45, 7) is -0.519. The number of imidazole rings is 1. The van der Waals surface area contributed by atoms with E-state index in [1.165, 1.54) is 41.4 Å². The van der Waals surface area contributed by atoms with Gasteiger partial charge in [-0.1, -0.05) is 12.1 Å². The van der Waals surface area contributed by atoms with Gasteiger partial charge in [-0.3, -0.25) is 24.3 Å². The third kappa shape index (κ3) is 5.60. The molecule has 1 aromatic carbocycles. The van der Waals surface area contributed by atoms with Gasteiger partial charge in [-0.25, -0.2) is 14.7 Å². The Labute approximate surface area is 214 Å². The summed E-state index contributed by atoms with van der Waals surface area (Å²) in [5.41, 5.74) is 6.20. The van der Waals surface area contributed by atoms with Gasteiger partial charge in [-0.15, -0.1) is 0 Å². The molecule has 1 amide bonds. The fourth-order valence-corrected chi connectivity index (χ4v) is 4.78. The summed E-state index contributed by atoms with van der Waals surface area (Å²) in [4.78, 5) is 43.0. The number of hydrogen-bond acceptors (Lipinski definition) is 12. The smallest absolute Gasteiger partial charge is 0.301 e. The van der Waals surface area contributed by atoms with Crippen LogP contribution in [0.1, 0.15) is 29.4 Å². The fraction of sp³-hybridized carbons (Fsp3) is 0.333. The van der Waals surface area contributed by atoms with E-state index in [1.807, 2.05) is 4.72 Å². The molecule has 2 aromatic heterocycles. The summed E-state index contributed by atoms with van der Waals surface area (Å²) in [7, 11) is -4.44. The number of aliphatic hydroxyl groups excluding tert-OH is 2. The zero-order valence-corrected chi connectivity index (χ0v) is 20.3. The zero-order valence-electron chi connectivity index (χ0n) is 19.5. The minimum Gasteiger partial charge on any atom is -0.397 e. The molecule has 6 N–H and O–H groups in total. The van der Waals surface area contributed by atoms with E-state index >= 15 is 0 Å².